The van der Waals surface area contributed by atoms with Crippen molar-refractivity contribution >= 4 is 6.03 Å². The highest BCUT2D eigenvalue weighted by molar-refractivity contribution is 5.73. The second kappa shape index (κ2) is 11.3. The summed E-state index contributed by atoms with van der Waals surface area (Å²) in [5.41, 5.74) is 0. The van der Waals surface area contributed by atoms with Gasteiger partial charge in [-0.15, -0.1) is 0 Å². The Kier molecular flexibility index (Phi) is 10.7. The van der Waals surface area contributed by atoms with Crippen LogP contribution >= 0.6 is 0 Å². The minimum absolute atomic E-state index is 0.0670. The summed E-state index contributed by atoms with van der Waals surface area (Å²) in [4.78, 5) is 11.2. The van der Waals surface area contributed by atoms with E-state index < -0.39 is 0 Å². The number of nitrogens with one attached hydrogen (secondary N) is 2. The standard InChI is InChI=1S/C11H24N2O2/c1-3-4-5-6-8-12-11(14)13-9-7-10-15-2/h3-10H2,1-2H3,(H2,12,13,14). The van der Waals surface area contributed by atoms with Crippen LogP contribution < -0.4 is 10.6 Å². The highest BCUT2D eigenvalue weighted by Crippen LogP contribution is 1.96. The molecule has 0 aliphatic carbocycles. The summed E-state index contributed by atoms with van der Waals surface area (Å²) >= 11 is 0. The molecule has 4 heteroatoms. The first-order chi connectivity index (χ1) is 7.31. The molecule has 0 spiro atoms. The molecule has 0 heterocycles. The van der Waals surface area contributed by atoms with Gasteiger partial charge in [-0.05, 0) is 12.8 Å². The van der Waals surface area contributed by atoms with Gasteiger partial charge in [0.2, 0.25) is 0 Å². The van der Waals surface area contributed by atoms with E-state index in [0.29, 0.717) is 13.2 Å². The zero-order valence-corrected chi connectivity index (χ0v) is 9.97. The molecule has 15 heavy (non-hydrogen) atoms. The molecule has 0 aliphatic rings. The van der Waals surface area contributed by atoms with E-state index in [4.69, 9.17) is 4.74 Å². The number of carbonyl (C=O) groups excluding carboxylic acids is 1. The fourth-order valence-electron chi connectivity index (χ4n) is 1.23. The summed E-state index contributed by atoms with van der Waals surface area (Å²) in [5.74, 6) is 0. The number of rotatable bonds is 9. The molecule has 0 fully saturated rings. The summed E-state index contributed by atoms with van der Waals surface area (Å²) in [6.07, 6.45) is 5.60. The van der Waals surface area contributed by atoms with Crippen molar-refractivity contribution < 1.29 is 9.53 Å². The Morgan fingerprint density at radius 3 is 2.33 bits per heavy atom. The molecule has 0 rings (SSSR count). The largest absolute Gasteiger partial charge is 0.385 e. The van der Waals surface area contributed by atoms with E-state index in [0.717, 1.165) is 19.4 Å². The average molecular weight is 216 g/mol. The third-order valence-corrected chi connectivity index (χ3v) is 2.13. The van der Waals surface area contributed by atoms with Gasteiger partial charge in [0.1, 0.15) is 0 Å². The average Bonchev–Trinajstić information content (AvgIpc) is 2.24. The van der Waals surface area contributed by atoms with E-state index in [1.165, 1.54) is 19.3 Å². The van der Waals surface area contributed by atoms with E-state index >= 15 is 0 Å². The van der Waals surface area contributed by atoms with E-state index in [1.807, 2.05) is 0 Å². The number of methoxy groups -OCH3 is 1. The van der Waals surface area contributed by atoms with E-state index in [2.05, 4.69) is 17.6 Å². The third-order valence-electron chi connectivity index (χ3n) is 2.13. The predicted octanol–water partition coefficient (Wildman–Crippen LogP) is 1.90. The van der Waals surface area contributed by atoms with Crippen LogP contribution in [0.5, 0.6) is 0 Å². The van der Waals surface area contributed by atoms with E-state index in [1.54, 1.807) is 7.11 Å². The molecule has 0 aliphatic heterocycles. The van der Waals surface area contributed by atoms with Crippen LogP contribution in [0.15, 0.2) is 0 Å². The van der Waals surface area contributed by atoms with E-state index in [-0.39, 0.29) is 6.03 Å². The van der Waals surface area contributed by atoms with Crippen LogP contribution in [0.1, 0.15) is 39.0 Å². The molecule has 0 aromatic rings. The maximum Gasteiger partial charge on any atom is 0.314 e. The molecule has 0 unspecified atom stereocenters. The Labute approximate surface area is 92.8 Å². The number of hydrogen-bond acceptors (Lipinski definition) is 2. The van der Waals surface area contributed by atoms with Gasteiger partial charge in [-0.1, -0.05) is 26.2 Å². The smallest absolute Gasteiger partial charge is 0.314 e. The highest BCUT2D eigenvalue weighted by atomic mass is 16.5. The van der Waals surface area contributed by atoms with Crippen LogP contribution in [0, 0.1) is 0 Å². The molecule has 90 valence electrons. The van der Waals surface area contributed by atoms with Crippen LogP contribution in [0.3, 0.4) is 0 Å². The van der Waals surface area contributed by atoms with Gasteiger partial charge in [0, 0.05) is 26.8 Å². The number of ether oxygens (including phenoxy) is 1. The van der Waals surface area contributed by atoms with Crippen molar-refractivity contribution in [2.75, 3.05) is 26.8 Å². The van der Waals surface area contributed by atoms with Crippen LogP contribution in [0.25, 0.3) is 0 Å². The van der Waals surface area contributed by atoms with Crippen molar-refractivity contribution in [2.45, 2.75) is 39.0 Å². The lowest BCUT2D eigenvalue weighted by atomic mass is 10.2. The number of hydrogen-bond donors (Lipinski definition) is 2. The summed E-state index contributed by atoms with van der Waals surface area (Å²) < 4.78 is 4.88. The lowest BCUT2D eigenvalue weighted by Crippen LogP contribution is -2.36. The second-order valence-corrected chi connectivity index (χ2v) is 3.59. The van der Waals surface area contributed by atoms with Crippen molar-refractivity contribution in [1.82, 2.24) is 10.6 Å². The number of amides is 2. The van der Waals surface area contributed by atoms with Crippen molar-refractivity contribution in [3.05, 3.63) is 0 Å². The Morgan fingerprint density at radius 1 is 1.07 bits per heavy atom. The molecule has 0 saturated heterocycles. The van der Waals surface area contributed by atoms with Crippen LogP contribution in [0.2, 0.25) is 0 Å². The molecular formula is C11H24N2O2. The first kappa shape index (κ1) is 14.2. The fraction of sp³-hybridized carbons (Fsp3) is 0.909. The summed E-state index contributed by atoms with van der Waals surface area (Å²) in [6.45, 7) is 4.32. The van der Waals surface area contributed by atoms with Gasteiger partial charge >= 0.3 is 6.03 Å². The number of unbranched alkanes of at least 4 members (excludes halogenated alkanes) is 3. The minimum atomic E-state index is -0.0670. The van der Waals surface area contributed by atoms with Gasteiger partial charge in [0.15, 0.2) is 0 Å². The minimum Gasteiger partial charge on any atom is -0.385 e. The molecule has 0 aromatic heterocycles. The van der Waals surface area contributed by atoms with Gasteiger partial charge in [0.05, 0.1) is 0 Å². The van der Waals surface area contributed by atoms with Crippen molar-refractivity contribution in [3.63, 3.8) is 0 Å². The van der Waals surface area contributed by atoms with Gasteiger partial charge in [0.25, 0.3) is 0 Å². The lowest BCUT2D eigenvalue weighted by Gasteiger charge is -2.06. The monoisotopic (exact) mass is 216 g/mol. The summed E-state index contributed by atoms with van der Waals surface area (Å²) in [7, 11) is 1.66. The second-order valence-electron chi connectivity index (χ2n) is 3.59. The normalized spacial score (nSPS) is 10.0. The Balaban J connectivity index is 3.11. The highest BCUT2D eigenvalue weighted by Gasteiger charge is 1.97. The molecule has 0 atom stereocenters. The first-order valence-electron chi connectivity index (χ1n) is 5.82. The molecule has 0 aromatic carbocycles. The molecule has 2 N–H and O–H groups in total. The Hall–Kier alpha value is -0.770. The molecule has 0 radical (unpaired) electrons. The maximum atomic E-state index is 11.2. The lowest BCUT2D eigenvalue weighted by molar-refractivity contribution is 0.193. The van der Waals surface area contributed by atoms with Crippen LogP contribution in [-0.2, 0) is 4.74 Å². The van der Waals surface area contributed by atoms with Gasteiger partial charge in [-0.3, -0.25) is 0 Å². The molecule has 0 bridgehead atoms. The van der Waals surface area contributed by atoms with E-state index in [9.17, 15) is 4.79 Å². The molecule has 0 saturated carbocycles. The Morgan fingerprint density at radius 2 is 1.73 bits per heavy atom. The number of urea groups is 1. The molecule has 2 amide bonds. The zero-order chi connectivity index (χ0) is 11.4. The fourth-order valence-corrected chi connectivity index (χ4v) is 1.23. The summed E-state index contributed by atoms with van der Waals surface area (Å²) in [5, 5.41) is 5.61. The van der Waals surface area contributed by atoms with Crippen LogP contribution in [0.4, 0.5) is 4.79 Å². The topological polar surface area (TPSA) is 50.4 Å². The molecule has 4 nitrogen and oxygen atoms in total. The first-order valence-corrected chi connectivity index (χ1v) is 5.82. The van der Waals surface area contributed by atoms with Crippen molar-refractivity contribution in [1.29, 1.82) is 0 Å². The molecular weight excluding hydrogens is 192 g/mol. The quantitative estimate of drug-likeness (QED) is 0.578. The van der Waals surface area contributed by atoms with Gasteiger partial charge in [-0.2, -0.15) is 0 Å². The maximum absolute atomic E-state index is 11.2. The summed E-state index contributed by atoms with van der Waals surface area (Å²) in [6, 6.07) is -0.0670. The van der Waals surface area contributed by atoms with Crippen LogP contribution in [-0.4, -0.2) is 32.8 Å². The predicted molar refractivity (Wildman–Crippen MR) is 62.0 cm³/mol. The van der Waals surface area contributed by atoms with Gasteiger partial charge in [-0.25, -0.2) is 4.79 Å². The SMILES string of the molecule is CCCCCCNC(=O)NCCCOC. The Bertz CT molecular complexity index is 152. The third kappa shape index (κ3) is 11.2. The van der Waals surface area contributed by atoms with Crippen molar-refractivity contribution in [2.24, 2.45) is 0 Å². The number of carbonyl (C=O) groups is 1. The van der Waals surface area contributed by atoms with Crippen molar-refractivity contribution in [3.8, 4) is 0 Å². The van der Waals surface area contributed by atoms with Gasteiger partial charge < -0.3 is 15.4 Å². The zero-order valence-electron chi connectivity index (χ0n) is 9.97.